The minimum absolute atomic E-state index is 0.00436. The van der Waals surface area contributed by atoms with E-state index in [9.17, 15) is 14.4 Å². The van der Waals surface area contributed by atoms with E-state index in [0.717, 1.165) is 0 Å². The molecule has 7 heteroatoms. The van der Waals surface area contributed by atoms with E-state index < -0.39 is 0 Å². The molecule has 3 amide bonds. The molecule has 0 radical (unpaired) electrons. The molecule has 1 aliphatic heterocycles. The van der Waals surface area contributed by atoms with Gasteiger partial charge in [0.25, 0.3) is 5.91 Å². The summed E-state index contributed by atoms with van der Waals surface area (Å²) in [6, 6.07) is 13.8. The molecule has 1 aliphatic rings. The van der Waals surface area contributed by atoms with Crippen LogP contribution in [0.15, 0.2) is 48.5 Å². The molecule has 29 heavy (non-hydrogen) atoms. The summed E-state index contributed by atoms with van der Waals surface area (Å²) in [7, 11) is 1.57. The van der Waals surface area contributed by atoms with E-state index in [2.05, 4.69) is 10.6 Å². The molecule has 3 rings (SSSR count). The summed E-state index contributed by atoms with van der Waals surface area (Å²) in [5.74, 6) is -0.145. The number of ether oxygens (including phenoxy) is 1. The molecule has 7 nitrogen and oxygen atoms in total. The maximum atomic E-state index is 12.5. The number of rotatable bonds is 6. The normalized spacial score (nSPS) is 16.1. The van der Waals surface area contributed by atoms with E-state index >= 15 is 0 Å². The van der Waals surface area contributed by atoms with Crippen LogP contribution in [0, 0.1) is 5.92 Å². The molecular weight excluding hydrogens is 370 g/mol. The Hall–Kier alpha value is -3.35. The molecule has 1 atom stereocenters. The van der Waals surface area contributed by atoms with Crippen molar-refractivity contribution < 1.29 is 19.1 Å². The van der Waals surface area contributed by atoms with E-state index in [1.807, 2.05) is 13.8 Å². The topological polar surface area (TPSA) is 87.7 Å². The van der Waals surface area contributed by atoms with Gasteiger partial charge in [0.05, 0.1) is 13.0 Å². The largest absolute Gasteiger partial charge is 0.497 e. The van der Waals surface area contributed by atoms with Crippen LogP contribution >= 0.6 is 0 Å². The molecule has 1 unspecified atom stereocenters. The first-order valence-corrected chi connectivity index (χ1v) is 9.53. The summed E-state index contributed by atoms with van der Waals surface area (Å²) in [5, 5.41) is 5.64. The number of carbonyl (C=O) groups is 3. The molecule has 0 saturated carbocycles. The minimum atomic E-state index is -0.360. The van der Waals surface area contributed by atoms with E-state index in [-0.39, 0.29) is 36.1 Å². The van der Waals surface area contributed by atoms with Gasteiger partial charge in [-0.3, -0.25) is 14.4 Å². The van der Waals surface area contributed by atoms with Crippen molar-refractivity contribution in [3.8, 4) is 5.75 Å². The SMILES string of the molecule is COc1cccc(NC(=O)c2ccc(NC(=O)C3CC(=O)N(C(C)C)C3)cc2)c1. The number of benzene rings is 2. The zero-order chi connectivity index (χ0) is 21.0. The first kappa shape index (κ1) is 20.4. The van der Waals surface area contributed by atoms with Gasteiger partial charge in [0.2, 0.25) is 11.8 Å². The highest BCUT2D eigenvalue weighted by atomic mass is 16.5. The monoisotopic (exact) mass is 395 g/mol. The van der Waals surface area contributed by atoms with Gasteiger partial charge < -0.3 is 20.3 Å². The Kier molecular flexibility index (Phi) is 6.16. The second kappa shape index (κ2) is 8.77. The lowest BCUT2D eigenvalue weighted by atomic mass is 10.1. The third-order valence-electron chi connectivity index (χ3n) is 4.89. The van der Waals surface area contributed by atoms with Crippen molar-refractivity contribution >= 4 is 29.1 Å². The van der Waals surface area contributed by atoms with E-state index in [4.69, 9.17) is 4.74 Å². The number of carbonyl (C=O) groups excluding carboxylic acids is 3. The lowest BCUT2D eigenvalue weighted by Gasteiger charge is -2.20. The van der Waals surface area contributed by atoms with E-state index in [1.165, 1.54) is 0 Å². The van der Waals surface area contributed by atoms with Crippen LogP contribution in [0.5, 0.6) is 5.75 Å². The van der Waals surface area contributed by atoms with Crippen molar-refractivity contribution in [2.24, 2.45) is 5.92 Å². The third kappa shape index (κ3) is 4.93. The van der Waals surface area contributed by atoms with Crippen LogP contribution in [-0.2, 0) is 9.59 Å². The Bertz CT molecular complexity index is 909. The number of nitrogens with one attached hydrogen (secondary N) is 2. The average molecular weight is 395 g/mol. The maximum Gasteiger partial charge on any atom is 0.255 e. The van der Waals surface area contributed by atoms with Gasteiger partial charge in [-0.1, -0.05) is 6.07 Å². The maximum absolute atomic E-state index is 12.5. The Morgan fingerprint density at radius 3 is 2.41 bits per heavy atom. The second-order valence-corrected chi connectivity index (χ2v) is 7.29. The fourth-order valence-electron chi connectivity index (χ4n) is 3.26. The highest BCUT2D eigenvalue weighted by Gasteiger charge is 2.35. The summed E-state index contributed by atoms with van der Waals surface area (Å²) in [6.45, 7) is 4.31. The number of amides is 3. The van der Waals surface area contributed by atoms with Crippen LogP contribution in [0.1, 0.15) is 30.6 Å². The molecule has 0 spiro atoms. The quantitative estimate of drug-likeness (QED) is 0.787. The first-order chi connectivity index (χ1) is 13.9. The molecule has 2 N–H and O–H groups in total. The zero-order valence-electron chi connectivity index (χ0n) is 16.8. The number of hydrogen-bond donors (Lipinski definition) is 2. The van der Waals surface area contributed by atoms with Crippen LogP contribution in [0.25, 0.3) is 0 Å². The molecule has 1 saturated heterocycles. The van der Waals surface area contributed by atoms with Crippen LogP contribution in [0.3, 0.4) is 0 Å². The fraction of sp³-hybridized carbons (Fsp3) is 0.318. The number of likely N-dealkylation sites (tertiary alicyclic amines) is 1. The lowest BCUT2D eigenvalue weighted by Crippen LogP contribution is -2.33. The molecule has 2 aromatic rings. The highest BCUT2D eigenvalue weighted by molar-refractivity contribution is 6.05. The Morgan fingerprint density at radius 1 is 1.07 bits per heavy atom. The van der Waals surface area contributed by atoms with Gasteiger partial charge >= 0.3 is 0 Å². The zero-order valence-corrected chi connectivity index (χ0v) is 16.8. The predicted molar refractivity (Wildman–Crippen MR) is 111 cm³/mol. The number of anilines is 2. The van der Waals surface area contributed by atoms with Crippen molar-refractivity contribution in [3.05, 3.63) is 54.1 Å². The average Bonchev–Trinajstić information content (AvgIpc) is 3.11. The Balaban J connectivity index is 1.59. The lowest BCUT2D eigenvalue weighted by molar-refractivity contribution is -0.129. The molecule has 1 fully saturated rings. The molecule has 152 valence electrons. The molecule has 0 aliphatic carbocycles. The van der Waals surface area contributed by atoms with Crippen molar-refractivity contribution in [2.45, 2.75) is 26.3 Å². The number of methoxy groups -OCH3 is 1. The Labute approximate surface area is 170 Å². The standard InChI is InChI=1S/C22H25N3O4/c1-14(2)25-13-16(11-20(25)26)22(28)23-17-9-7-15(8-10-17)21(27)24-18-5-4-6-19(12-18)29-3/h4-10,12,14,16H,11,13H2,1-3H3,(H,23,28)(H,24,27). The number of hydrogen-bond acceptors (Lipinski definition) is 4. The van der Waals surface area contributed by atoms with Crippen LogP contribution < -0.4 is 15.4 Å². The van der Waals surface area contributed by atoms with Gasteiger partial charge in [-0.2, -0.15) is 0 Å². The summed E-state index contributed by atoms with van der Waals surface area (Å²) >= 11 is 0. The van der Waals surface area contributed by atoms with Gasteiger partial charge in [0, 0.05) is 42.0 Å². The van der Waals surface area contributed by atoms with Gasteiger partial charge in [-0.25, -0.2) is 0 Å². The highest BCUT2D eigenvalue weighted by Crippen LogP contribution is 2.22. The first-order valence-electron chi connectivity index (χ1n) is 9.53. The minimum Gasteiger partial charge on any atom is -0.497 e. The van der Waals surface area contributed by atoms with Crippen LogP contribution in [0.2, 0.25) is 0 Å². The van der Waals surface area contributed by atoms with Gasteiger partial charge in [-0.05, 0) is 50.2 Å². The molecule has 2 aromatic carbocycles. The summed E-state index contributed by atoms with van der Waals surface area (Å²) in [6.07, 6.45) is 0.227. The molecular formula is C22H25N3O4. The smallest absolute Gasteiger partial charge is 0.255 e. The van der Waals surface area contributed by atoms with Crippen molar-refractivity contribution in [1.29, 1.82) is 0 Å². The van der Waals surface area contributed by atoms with Crippen molar-refractivity contribution in [2.75, 3.05) is 24.3 Å². The van der Waals surface area contributed by atoms with Crippen molar-refractivity contribution in [1.82, 2.24) is 4.90 Å². The number of nitrogens with zero attached hydrogens (tertiary/aromatic N) is 1. The summed E-state index contributed by atoms with van der Waals surface area (Å²) in [5.41, 5.74) is 1.68. The third-order valence-corrected chi connectivity index (χ3v) is 4.89. The Morgan fingerprint density at radius 2 is 1.79 bits per heavy atom. The fourth-order valence-corrected chi connectivity index (χ4v) is 3.26. The summed E-state index contributed by atoms with van der Waals surface area (Å²) in [4.78, 5) is 38.6. The predicted octanol–water partition coefficient (Wildman–Crippen LogP) is 3.14. The molecule has 0 bridgehead atoms. The van der Waals surface area contributed by atoms with Crippen LogP contribution in [-0.4, -0.2) is 42.3 Å². The van der Waals surface area contributed by atoms with E-state index in [1.54, 1.807) is 60.5 Å². The van der Waals surface area contributed by atoms with Crippen LogP contribution in [0.4, 0.5) is 11.4 Å². The summed E-state index contributed by atoms with van der Waals surface area (Å²) < 4.78 is 5.15. The van der Waals surface area contributed by atoms with Crippen molar-refractivity contribution in [3.63, 3.8) is 0 Å². The second-order valence-electron chi connectivity index (χ2n) is 7.29. The molecule has 0 aromatic heterocycles. The van der Waals surface area contributed by atoms with Gasteiger partial charge in [0.1, 0.15) is 5.75 Å². The van der Waals surface area contributed by atoms with E-state index in [0.29, 0.717) is 29.2 Å². The van der Waals surface area contributed by atoms with Gasteiger partial charge in [-0.15, -0.1) is 0 Å². The molecule has 1 heterocycles. The van der Waals surface area contributed by atoms with Gasteiger partial charge in [0.15, 0.2) is 0 Å².